The van der Waals surface area contributed by atoms with Gasteiger partial charge in [-0.05, 0) is 69.2 Å². The Morgan fingerprint density at radius 3 is 2.38 bits per heavy atom. The zero-order chi connectivity index (χ0) is 27.8. The number of likely N-dealkylation sites (tertiary alicyclic amines) is 1. The quantitative estimate of drug-likeness (QED) is 0.486. The van der Waals surface area contributed by atoms with Crippen LogP contribution in [0.5, 0.6) is 5.75 Å². The van der Waals surface area contributed by atoms with Gasteiger partial charge in [-0.25, -0.2) is 4.68 Å². The smallest absolute Gasteiger partial charge is 0.435 e. The molecule has 0 radical (unpaired) electrons. The van der Waals surface area contributed by atoms with Crippen LogP contribution in [0.1, 0.15) is 66.7 Å². The van der Waals surface area contributed by atoms with Gasteiger partial charge >= 0.3 is 6.18 Å². The lowest BCUT2D eigenvalue weighted by molar-refractivity contribution is -0.142. The maximum atomic E-state index is 13.7. The zero-order valence-electron chi connectivity index (χ0n) is 21.9. The Labute approximate surface area is 224 Å². The second-order valence-corrected chi connectivity index (χ2v) is 10.4. The fourth-order valence-corrected chi connectivity index (χ4v) is 5.41. The van der Waals surface area contributed by atoms with Gasteiger partial charge in [0.1, 0.15) is 17.0 Å². The molecule has 1 saturated heterocycles. The van der Waals surface area contributed by atoms with E-state index >= 15 is 0 Å². The standard InChI is InChI=1S/C27H32F3N5O4/c1-39-19-9-7-18(8-10-19)35-22-20(23(32-35)27(28,29)30)11-17-33(24(22)37)14-3-2-6-21(36)31-26(12-13-26)25(38)34-15-4-5-16-34/h7-10H,2-6,11-17H2,1H3,(H,31,36). The summed E-state index contributed by atoms with van der Waals surface area (Å²) in [7, 11) is 1.48. The number of fused-ring (bicyclic) bond motifs is 1. The molecule has 1 saturated carbocycles. The van der Waals surface area contributed by atoms with Gasteiger partial charge in [-0.1, -0.05) is 0 Å². The molecule has 2 aliphatic heterocycles. The van der Waals surface area contributed by atoms with Crippen LogP contribution in [0.15, 0.2) is 24.3 Å². The fraction of sp³-hybridized carbons (Fsp3) is 0.556. The number of methoxy groups -OCH3 is 1. The van der Waals surface area contributed by atoms with Crippen LogP contribution in [-0.2, 0) is 22.2 Å². The Kier molecular flexibility index (Phi) is 7.30. The lowest BCUT2D eigenvalue weighted by atomic mass is 10.0. The first-order valence-electron chi connectivity index (χ1n) is 13.4. The van der Waals surface area contributed by atoms with Crippen LogP contribution in [0.4, 0.5) is 13.2 Å². The molecule has 0 bridgehead atoms. The summed E-state index contributed by atoms with van der Waals surface area (Å²) in [5.74, 6) is -0.178. The van der Waals surface area contributed by atoms with Gasteiger partial charge in [-0.2, -0.15) is 18.3 Å². The molecule has 2 fully saturated rings. The molecule has 1 N–H and O–H groups in total. The van der Waals surface area contributed by atoms with Crippen molar-refractivity contribution in [3.63, 3.8) is 0 Å². The average Bonchev–Trinajstić information content (AvgIpc) is 3.30. The lowest BCUT2D eigenvalue weighted by Gasteiger charge is -2.28. The van der Waals surface area contributed by atoms with Gasteiger partial charge in [0, 0.05) is 38.2 Å². The summed E-state index contributed by atoms with van der Waals surface area (Å²) in [6, 6.07) is 6.30. The third-order valence-corrected chi connectivity index (χ3v) is 7.70. The van der Waals surface area contributed by atoms with Crippen molar-refractivity contribution in [1.29, 1.82) is 0 Å². The molecule has 0 spiro atoms. The van der Waals surface area contributed by atoms with Gasteiger partial charge in [-0.15, -0.1) is 0 Å². The highest BCUT2D eigenvalue weighted by atomic mass is 19.4. The molecule has 1 aromatic heterocycles. The van der Waals surface area contributed by atoms with Crippen molar-refractivity contribution in [2.24, 2.45) is 0 Å². The molecule has 0 unspecified atom stereocenters. The van der Waals surface area contributed by atoms with Crippen LogP contribution < -0.4 is 10.1 Å². The molecule has 3 aliphatic rings. The van der Waals surface area contributed by atoms with E-state index in [4.69, 9.17) is 4.74 Å². The Hall–Kier alpha value is -3.57. The number of nitrogens with one attached hydrogen (secondary N) is 1. The van der Waals surface area contributed by atoms with Crippen LogP contribution in [0.25, 0.3) is 5.69 Å². The van der Waals surface area contributed by atoms with Crippen LogP contribution in [0.3, 0.4) is 0 Å². The Morgan fingerprint density at radius 2 is 1.77 bits per heavy atom. The van der Waals surface area contributed by atoms with Crippen LogP contribution >= 0.6 is 0 Å². The molecule has 0 atom stereocenters. The predicted octanol–water partition coefficient (Wildman–Crippen LogP) is 3.34. The summed E-state index contributed by atoms with van der Waals surface area (Å²) in [5.41, 5.74) is -1.66. The second-order valence-electron chi connectivity index (χ2n) is 10.4. The number of unbranched alkanes of at least 4 members (excludes halogenated alkanes) is 1. The minimum Gasteiger partial charge on any atom is -0.497 e. The SMILES string of the molecule is COc1ccc(-n2nc(C(F)(F)F)c3c2C(=O)N(CCCCC(=O)NC2(C(=O)N4CCCC4)CC2)CC3)cc1. The fourth-order valence-electron chi connectivity index (χ4n) is 5.41. The molecule has 39 heavy (non-hydrogen) atoms. The Morgan fingerprint density at radius 1 is 1.08 bits per heavy atom. The van der Waals surface area contributed by atoms with E-state index in [0.29, 0.717) is 43.7 Å². The van der Waals surface area contributed by atoms with E-state index < -0.39 is 23.3 Å². The van der Waals surface area contributed by atoms with Crippen molar-refractivity contribution >= 4 is 17.7 Å². The van der Waals surface area contributed by atoms with Crippen molar-refractivity contribution < 1.29 is 32.3 Å². The number of aromatic nitrogens is 2. The Bertz CT molecular complexity index is 1250. The number of alkyl halides is 3. The molecular weight excluding hydrogens is 515 g/mol. The lowest BCUT2D eigenvalue weighted by Crippen LogP contribution is -2.49. The van der Waals surface area contributed by atoms with E-state index in [1.54, 1.807) is 24.3 Å². The number of carbonyl (C=O) groups is 3. The first-order chi connectivity index (χ1) is 18.6. The largest absolute Gasteiger partial charge is 0.497 e. The first kappa shape index (κ1) is 27.0. The normalized spacial score (nSPS) is 18.2. The van der Waals surface area contributed by atoms with Gasteiger partial charge in [0.2, 0.25) is 11.8 Å². The molecular formula is C27H32F3N5O4. The van der Waals surface area contributed by atoms with E-state index in [9.17, 15) is 27.6 Å². The number of hydrogen-bond donors (Lipinski definition) is 1. The van der Waals surface area contributed by atoms with E-state index in [0.717, 1.165) is 30.6 Å². The molecule has 1 aromatic carbocycles. The number of nitrogens with zero attached hydrogens (tertiary/aromatic N) is 4. The summed E-state index contributed by atoms with van der Waals surface area (Å²) < 4.78 is 47.4. The van der Waals surface area contributed by atoms with Gasteiger partial charge in [0.05, 0.1) is 12.8 Å². The highest BCUT2D eigenvalue weighted by Gasteiger charge is 2.53. The maximum absolute atomic E-state index is 13.7. The molecule has 9 nitrogen and oxygen atoms in total. The molecule has 3 amide bonds. The minimum atomic E-state index is -4.69. The maximum Gasteiger partial charge on any atom is 0.435 e. The molecule has 210 valence electrons. The third-order valence-electron chi connectivity index (χ3n) is 7.70. The number of ether oxygens (including phenoxy) is 1. The monoisotopic (exact) mass is 547 g/mol. The molecule has 2 aromatic rings. The van der Waals surface area contributed by atoms with Crippen LogP contribution in [0, 0.1) is 0 Å². The van der Waals surface area contributed by atoms with Crippen molar-refractivity contribution in [3.8, 4) is 11.4 Å². The number of halogens is 3. The highest BCUT2D eigenvalue weighted by Crippen LogP contribution is 2.38. The molecule has 1 aliphatic carbocycles. The number of hydrogen-bond acceptors (Lipinski definition) is 5. The summed E-state index contributed by atoms with van der Waals surface area (Å²) in [5, 5.41) is 6.71. The van der Waals surface area contributed by atoms with Crippen molar-refractivity contribution in [1.82, 2.24) is 24.9 Å². The van der Waals surface area contributed by atoms with E-state index in [1.165, 1.54) is 12.0 Å². The molecule has 12 heteroatoms. The topological polar surface area (TPSA) is 96.8 Å². The number of carbonyl (C=O) groups excluding carboxylic acids is 3. The van der Waals surface area contributed by atoms with Gasteiger partial charge in [0.15, 0.2) is 5.69 Å². The Balaban J connectivity index is 1.20. The van der Waals surface area contributed by atoms with Crippen LogP contribution in [0.2, 0.25) is 0 Å². The van der Waals surface area contributed by atoms with E-state index in [1.807, 2.05) is 4.90 Å². The first-order valence-corrected chi connectivity index (χ1v) is 13.4. The zero-order valence-corrected chi connectivity index (χ0v) is 21.9. The van der Waals surface area contributed by atoms with Crippen LogP contribution in [-0.4, -0.2) is 76.1 Å². The summed E-state index contributed by atoms with van der Waals surface area (Å²) in [6.07, 6.45) is -0.159. The van der Waals surface area contributed by atoms with Gasteiger partial charge in [-0.3, -0.25) is 14.4 Å². The highest BCUT2D eigenvalue weighted by molar-refractivity contribution is 5.96. The van der Waals surface area contributed by atoms with E-state index in [-0.39, 0.29) is 42.5 Å². The molecule has 3 heterocycles. The second kappa shape index (κ2) is 10.5. The number of rotatable bonds is 9. The average molecular weight is 548 g/mol. The predicted molar refractivity (Wildman–Crippen MR) is 134 cm³/mol. The summed E-state index contributed by atoms with van der Waals surface area (Å²) in [6.45, 7) is 1.93. The number of amides is 3. The summed E-state index contributed by atoms with van der Waals surface area (Å²) >= 11 is 0. The van der Waals surface area contributed by atoms with Gasteiger partial charge < -0.3 is 19.9 Å². The minimum absolute atomic E-state index is 0.00904. The third kappa shape index (κ3) is 5.46. The molecule has 5 rings (SSSR count). The van der Waals surface area contributed by atoms with Gasteiger partial charge in [0.25, 0.3) is 5.91 Å². The van der Waals surface area contributed by atoms with Crippen molar-refractivity contribution in [2.75, 3.05) is 33.3 Å². The van der Waals surface area contributed by atoms with E-state index in [2.05, 4.69) is 10.4 Å². The van der Waals surface area contributed by atoms with Crippen molar-refractivity contribution in [3.05, 3.63) is 41.2 Å². The summed E-state index contributed by atoms with van der Waals surface area (Å²) in [4.78, 5) is 42.0. The van der Waals surface area contributed by atoms with Crippen molar-refractivity contribution in [2.45, 2.75) is 63.1 Å². The number of benzene rings is 1.